The van der Waals surface area contributed by atoms with Gasteiger partial charge in [-0.05, 0) is 70.4 Å². The lowest BCUT2D eigenvalue weighted by Gasteiger charge is -2.34. The second-order valence-electron chi connectivity index (χ2n) is 8.99. The van der Waals surface area contributed by atoms with Gasteiger partial charge in [-0.15, -0.1) is 17.0 Å². The van der Waals surface area contributed by atoms with E-state index in [1.54, 1.807) is 0 Å². The lowest BCUT2D eigenvalue weighted by Crippen LogP contribution is -2.33. The highest BCUT2D eigenvalue weighted by Gasteiger charge is 2.32. The molecule has 2 aromatic rings. The molecule has 0 aromatic heterocycles. The van der Waals surface area contributed by atoms with Crippen LogP contribution in [-0.4, -0.2) is 31.6 Å². The van der Waals surface area contributed by atoms with E-state index in [9.17, 15) is 8.78 Å². The van der Waals surface area contributed by atoms with Crippen molar-refractivity contribution in [3.8, 4) is 0 Å². The third-order valence-corrected chi connectivity index (χ3v) is 5.79. The molecular weight excluding hydrogens is 484 g/mol. The van der Waals surface area contributed by atoms with Gasteiger partial charge in [0.25, 0.3) is 0 Å². The predicted octanol–water partition coefficient (Wildman–Crippen LogP) is 7.87. The summed E-state index contributed by atoms with van der Waals surface area (Å²) in [5.41, 5.74) is 5.74. The second kappa shape index (κ2) is 13.8. The van der Waals surface area contributed by atoms with Crippen LogP contribution in [0.25, 0.3) is 0 Å². The third kappa shape index (κ3) is 8.16. The zero-order valence-corrected chi connectivity index (χ0v) is 22.6. The van der Waals surface area contributed by atoms with Crippen molar-refractivity contribution in [2.24, 2.45) is 0 Å². The Balaban J connectivity index is 0.00000544. The van der Waals surface area contributed by atoms with Crippen molar-refractivity contribution in [1.29, 1.82) is 0 Å². The number of methoxy groups -OCH3 is 1. The zero-order chi connectivity index (χ0) is 23.8. The number of aryl methyl sites for hydroxylation is 2. The van der Waals surface area contributed by atoms with Crippen molar-refractivity contribution in [2.75, 3.05) is 26.7 Å². The third-order valence-electron chi connectivity index (χ3n) is 5.79. The summed E-state index contributed by atoms with van der Waals surface area (Å²) < 4.78 is 35.6. The minimum Gasteiger partial charge on any atom is -0.376 e. The van der Waals surface area contributed by atoms with Crippen LogP contribution in [0.5, 0.6) is 0 Å². The zero-order valence-electron chi connectivity index (χ0n) is 20.9. The Morgan fingerprint density at radius 3 is 1.73 bits per heavy atom. The molecule has 0 aliphatic heterocycles. The summed E-state index contributed by atoms with van der Waals surface area (Å²) >= 11 is 0. The molecule has 0 saturated heterocycles. The van der Waals surface area contributed by atoms with Crippen molar-refractivity contribution in [3.63, 3.8) is 0 Å². The molecule has 33 heavy (non-hydrogen) atoms. The number of nitrogens with zero attached hydrogens (tertiary/aromatic N) is 1. The molecule has 0 bridgehead atoms. The Kier molecular flexibility index (Phi) is 12.2. The lowest BCUT2D eigenvalue weighted by atomic mass is 9.83. The van der Waals surface area contributed by atoms with Gasteiger partial charge < -0.3 is 4.74 Å². The van der Waals surface area contributed by atoms with Crippen LogP contribution in [0.1, 0.15) is 62.0 Å². The maximum atomic E-state index is 14.9. The minimum absolute atomic E-state index is 0. The fraction of sp³-hybridized carbons (Fsp3) is 0.429. The van der Waals surface area contributed by atoms with Crippen LogP contribution in [0.2, 0.25) is 0 Å². The molecule has 0 heterocycles. The van der Waals surface area contributed by atoms with Crippen LogP contribution in [-0.2, 0) is 4.74 Å². The molecular formula is C28H38BrF2NO. The van der Waals surface area contributed by atoms with E-state index in [4.69, 9.17) is 4.74 Å². The molecule has 0 aliphatic rings. The number of hydrogen-bond donors (Lipinski definition) is 0. The fourth-order valence-corrected chi connectivity index (χ4v) is 4.14. The summed E-state index contributed by atoms with van der Waals surface area (Å²) in [6, 6.07) is 10.1. The first-order chi connectivity index (χ1) is 15.1. The molecule has 182 valence electrons. The van der Waals surface area contributed by atoms with Crippen molar-refractivity contribution >= 4 is 17.0 Å². The Morgan fingerprint density at radius 2 is 1.30 bits per heavy atom. The predicted molar refractivity (Wildman–Crippen MR) is 140 cm³/mol. The first kappa shape index (κ1) is 29.2. The number of hydrogen-bond acceptors (Lipinski definition) is 2. The SMILES string of the molecule is Br.COC(c1c(F)cccc1F)C(CN(CC=C(C)C)CC=C(C)C)c1c(C)cccc1C. The highest BCUT2D eigenvalue weighted by atomic mass is 79.9. The molecule has 0 spiro atoms. The van der Waals surface area contributed by atoms with E-state index >= 15 is 0 Å². The quantitative estimate of drug-likeness (QED) is 0.295. The lowest BCUT2D eigenvalue weighted by molar-refractivity contribution is 0.0603. The fourth-order valence-electron chi connectivity index (χ4n) is 4.14. The monoisotopic (exact) mass is 521 g/mol. The summed E-state index contributed by atoms with van der Waals surface area (Å²) in [5.74, 6) is -1.40. The van der Waals surface area contributed by atoms with Crippen LogP contribution < -0.4 is 0 Å². The minimum atomic E-state index is -0.753. The number of benzene rings is 2. The van der Waals surface area contributed by atoms with Crippen LogP contribution in [0.3, 0.4) is 0 Å². The first-order valence-corrected chi connectivity index (χ1v) is 11.2. The second-order valence-corrected chi connectivity index (χ2v) is 8.99. The molecule has 2 nitrogen and oxygen atoms in total. The molecule has 0 saturated carbocycles. The number of halogens is 3. The standard InChI is InChI=1S/C28H37F2NO.BrH/c1-19(2)14-16-31(17-15-20(3)4)18-23(26-21(5)10-8-11-22(26)6)28(32-7)27-24(29)12-9-13-25(27)30;/h8-15,23,28H,16-18H2,1-7H3;1H. The molecule has 2 aromatic carbocycles. The molecule has 0 radical (unpaired) electrons. The summed E-state index contributed by atoms with van der Waals surface area (Å²) in [4.78, 5) is 2.31. The molecule has 0 amide bonds. The highest BCUT2D eigenvalue weighted by molar-refractivity contribution is 8.93. The molecule has 0 aliphatic carbocycles. The average Bonchev–Trinajstić information content (AvgIpc) is 2.71. The van der Waals surface area contributed by atoms with Crippen molar-refractivity contribution < 1.29 is 13.5 Å². The molecule has 2 rings (SSSR count). The van der Waals surface area contributed by atoms with Crippen LogP contribution in [0.4, 0.5) is 8.78 Å². The molecule has 0 fully saturated rings. The largest absolute Gasteiger partial charge is 0.376 e. The van der Waals surface area contributed by atoms with E-state index in [0.717, 1.165) is 29.8 Å². The normalized spacial score (nSPS) is 12.7. The van der Waals surface area contributed by atoms with Gasteiger partial charge in [-0.1, -0.05) is 47.6 Å². The van der Waals surface area contributed by atoms with Crippen molar-refractivity contribution in [2.45, 2.75) is 53.6 Å². The number of ether oxygens (including phenoxy) is 1. The Morgan fingerprint density at radius 1 is 0.848 bits per heavy atom. The van der Waals surface area contributed by atoms with Crippen molar-refractivity contribution in [1.82, 2.24) is 4.90 Å². The summed E-state index contributed by atoms with van der Waals surface area (Å²) in [6.07, 6.45) is 3.62. The van der Waals surface area contributed by atoms with Gasteiger partial charge in [0.15, 0.2) is 0 Å². The van der Waals surface area contributed by atoms with Gasteiger partial charge in [0.05, 0.1) is 11.7 Å². The Labute approximate surface area is 209 Å². The van der Waals surface area contributed by atoms with Crippen molar-refractivity contribution in [3.05, 3.63) is 93.6 Å². The molecule has 5 heteroatoms. The molecule has 2 atom stereocenters. The van der Waals surface area contributed by atoms with E-state index in [1.165, 1.54) is 36.5 Å². The number of allylic oxidation sites excluding steroid dienone is 2. The smallest absolute Gasteiger partial charge is 0.131 e. The van der Waals surface area contributed by atoms with E-state index < -0.39 is 17.7 Å². The average molecular weight is 523 g/mol. The maximum Gasteiger partial charge on any atom is 0.131 e. The van der Waals surface area contributed by atoms with Crippen LogP contribution >= 0.6 is 17.0 Å². The topological polar surface area (TPSA) is 12.5 Å². The molecule has 2 unspecified atom stereocenters. The van der Waals surface area contributed by atoms with E-state index in [1.807, 2.05) is 6.07 Å². The van der Waals surface area contributed by atoms with Gasteiger partial charge >= 0.3 is 0 Å². The van der Waals surface area contributed by atoms with Gasteiger partial charge in [0, 0.05) is 32.7 Å². The maximum absolute atomic E-state index is 14.9. The summed E-state index contributed by atoms with van der Waals surface area (Å²) in [7, 11) is 1.54. The van der Waals surface area contributed by atoms with Gasteiger partial charge in [-0.2, -0.15) is 0 Å². The number of rotatable bonds is 10. The Bertz CT molecular complexity index is 902. The highest BCUT2D eigenvalue weighted by Crippen LogP contribution is 2.39. The molecule has 0 N–H and O–H groups in total. The Hall–Kier alpha value is -1.82. The summed E-state index contributed by atoms with van der Waals surface area (Å²) in [5, 5.41) is 0. The van der Waals surface area contributed by atoms with Crippen LogP contribution in [0, 0.1) is 25.5 Å². The van der Waals surface area contributed by atoms with Gasteiger partial charge in [-0.3, -0.25) is 4.90 Å². The van der Waals surface area contributed by atoms with E-state index in [-0.39, 0.29) is 28.5 Å². The van der Waals surface area contributed by atoms with E-state index in [0.29, 0.717) is 6.54 Å². The van der Waals surface area contributed by atoms with Crippen LogP contribution in [0.15, 0.2) is 59.7 Å². The van der Waals surface area contributed by atoms with Gasteiger partial charge in [0.2, 0.25) is 0 Å². The van der Waals surface area contributed by atoms with Gasteiger partial charge in [0.1, 0.15) is 11.6 Å². The van der Waals surface area contributed by atoms with E-state index in [2.05, 4.69) is 70.7 Å². The van der Waals surface area contributed by atoms with Gasteiger partial charge in [-0.25, -0.2) is 8.78 Å². The summed E-state index contributed by atoms with van der Waals surface area (Å²) in [6.45, 7) is 14.5. The first-order valence-electron chi connectivity index (χ1n) is 11.2.